The average molecular weight is 404 g/mol. The van der Waals surface area contributed by atoms with Gasteiger partial charge in [0.15, 0.2) is 0 Å². The Morgan fingerprint density at radius 1 is 0.931 bits per heavy atom. The summed E-state index contributed by atoms with van der Waals surface area (Å²) in [5.74, 6) is 1.63. The fourth-order valence-corrected chi connectivity index (χ4v) is 3.97. The molecule has 1 heterocycles. The summed E-state index contributed by atoms with van der Waals surface area (Å²) in [4.78, 5) is 5.20. The molecule has 146 valence electrons. The number of para-hydroxylation sites is 1. The first-order valence-electron chi connectivity index (χ1n) is 9.12. The molecule has 0 spiro atoms. The van der Waals surface area contributed by atoms with Crippen LogP contribution in [0.2, 0.25) is 0 Å². The largest absolute Gasteiger partial charge is 0.497 e. The van der Waals surface area contributed by atoms with E-state index >= 15 is 0 Å². The molecule has 0 atom stereocenters. The van der Waals surface area contributed by atoms with Gasteiger partial charge in [0.2, 0.25) is 4.80 Å². The van der Waals surface area contributed by atoms with Gasteiger partial charge in [-0.3, -0.25) is 4.99 Å². The van der Waals surface area contributed by atoms with E-state index in [1.54, 1.807) is 38.8 Å². The van der Waals surface area contributed by atoms with E-state index in [1.807, 2.05) is 41.1 Å². The van der Waals surface area contributed by atoms with Crippen molar-refractivity contribution in [2.45, 2.75) is 0 Å². The zero-order valence-corrected chi connectivity index (χ0v) is 17.3. The number of nitrogens with zero attached hydrogens (tertiary/aromatic N) is 3. The number of thiazole rings is 1. The highest BCUT2D eigenvalue weighted by atomic mass is 32.1. The van der Waals surface area contributed by atoms with Gasteiger partial charge in [-0.2, -0.15) is 5.10 Å². The van der Waals surface area contributed by atoms with Crippen molar-refractivity contribution in [1.29, 1.82) is 0 Å². The second-order valence-electron chi connectivity index (χ2n) is 6.35. The van der Waals surface area contributed by atoms with E-state index in [4.69, 9.17) is 14.6 Å². The minimum atomic E-state index is 0.781. The number of methoxy groups -OCH3 is 2. The number of fused-ring (bicyclic) bond motifs is 1. The molecule has 0 fully saturated rings. The summed E-state index contributed by atoms with van der Waals surface area (Å²) in [6, 6.07) is 20.2. The highest BCUT2D eigenvalue weighted by molar-refractivity contribution is 7.07. The Hall–Kier alpha value is -3.38. The van der Waals surface area contributed by atoms with Gasteiger partial charge in [-0.05, 0) is 41.1 Å². The molecule has 29 heavy (non-hydrogen) atoms. The lowest BCUT2D eigenvalue weighted by Crippen LogP contribution is -2.11. The maximum absolute atomic E-state index is 5.42. The molecule has 0 aliphatic heterocycles. The van der Waals surface area contributed by atoms with E-state index in [0.717, 1.165) is 43.9 Å². The highest BCUT2D eigenvalue weighted by Gasteiger charge is 2.09. The molecule has 3 aromatic carbocycles. The Kier molecular flexibility index (Phi) is 5.44. The van der Waals surface area contributed by atoms with Gasteiger partial charge >= 0.3 is 0 Å². The average Bonchev–Trinajstić information content (AvgIpc) is 3.20. The molecule has 6 heteroatoms. The number of benzene rings is 3. The molecule has 0 amide bonds. The third-order valence-corrected chi connectivity index (χ3v) is 5.58. The van der Waals surface area contributed by atoms with Crippen molar-refractivity contribution in [3.63, 3.8) is 0 Å². The van der Waals surface area contributed by atoms with Gasteiger partial charge in [-0.25, -0.2) is 4.68 Å². The van der Waals surface area contributed by atoms with E-state index in [1.165, 1.54) is 0 Å². The van der Waals surface area contributed by atoms with Gasteiger partial charge < -0.3 is 9.47 Å². The van der Waals surface area contributed by atoms with Crippen LogP contribution in [0.4, 0.5) is 0 Å². The van der Waals surface area contributed by atoms with Crippen LogP contribution in [0.25, 0.3) is 22.0 Å². The molecule has 0 saturated carbocycles. The van der Waals surface area contributed by atoms with Crippen molar-refractivity contribution < 1.29 is 9.47 Å². The van der Waals surface area contributed by atoms with E-state index in [-0.39, 0.29) is 0 Å². The maximum Gasteiger partial charge on any atom is 0.205 e. The van der Waals surface area contributed by atoms with Gasteiger partial charge in [0.25, 0.3) is 0 Å². The van der Waals surface area contributed by atoms with E-state index in [9.17, 15) is 0 Å². The summed E-state index contributed by atoms with van der Waals surface area (Å²) in [6.45, 7) is 0. The Balaban J connectivity index is 1.79. The Labute approximate surface area is 173 Å². The lowest BCUT2D eigenvalue weighted by molar-refractivity contribution is 0.414. The van der Waals surface area contributed by atoms with E-state index in [0.29, 0.717) is 0 Å². The lowest BCUT2D eigenvalue weighted by atomic mass is 10.1. The molecule has 4 aromatic rings. The van der Waals surface area contributed by atoms with Crippen molar-refractivity contribution in [3.8, 4) is 22.8 Å². The first-order valence-corrected chi connectivity index (χ1v) is 10.0. The lowest BCUT2D eigenvalue weighted by Gasteiger charge is -2.07. The molecule has 5 nitrogen and oxygen atoms in total. The minimum Gasteiger partial charge on any atom is -0.497 e. The number of aromatic nitrogens is 1. The molecular weight excluding hydrogens is 382 g/mol. The standard InChI is InChI=1S/C23H21N3O2S/c1-24-23-26(25-14-19-6-4-5-7-22(19)28-3)21(15-29-23)18-9-8-17-13-20(27-2)11-10-16(17)12-18/h4-15H,1-3H3. The fourth-order valence-electron chi connectivity index (χ4n) is 3.16. The predicted octanol–water partition coefficient (Wildman–Crippen LogP) is 4.80. The van der Waals surface area contributed by atoms with Crippen LogP contribution in [0.3, 0.4) is 0 Å². The third kappa shape index (κ3) is 3.79. The minimum absolute atomic E-state index is 0.781. The maximum atomic E-state index is 5.42. The molecular formula is C23H21N3O2S. The van der Waals surface area contributed by atoms with E-state index in [2.05, 4.69) is 34.6 Å². The Morgan fingerprint density at radius 3 is 2.52 bits per heavy atom. The molecule has 0 aliphatic rings. The van der Waals surface area contributed by atoms with Gasteiger partial charge in [-0.15, -0.1) is 11.3 Å². The molecule has 0 unspecified atom stereocenters. The van der Waals surface area contributed by atoms with Gasteiger partial charge in [0, 0.05) is 23.6 Å². The van der Waals surface area contributed by atoms with Crippen molar-refractivity contribution in [3.05, 3.63) is 76.4 Å². The topological polar surface area (TPSA) is 48.1 Å². The fraction of sp³-hybridized carbons (Fsp3) is 0.130. The first-order chi connectivity index (χ1) is 14.2. The zero-order valence-electron chi connectivity index (χ0n) is 16.5. The van der Waals surface area contributed by atoms with Crippen LogP contribution < -0.4 is 14.3 Å². The van der Waals surface area contributed by atoms with Gasteiger partial charge in [0.05, 0.1) is 26.1 Å². The monoisotopic (exact) mass is 403 g/mol. The third-order valence-electron chi connectivity index (χ3n) is 4.67. The normalized spacial score (nSPS) is 12.0. The molecule has 4 rings (SSSR count). The second-order valence-corrected chi connectivity index (χ2v) is 7.19. The van der Waals surface area contributed by atoms with E-state index < -0.39 is 0 Å². The molecule has 1 aromatic heterocycles. The van der Waals surface area contributed by atoms with Crippen LogP contribution in [-0.4, -0.2) is 32.2 Å². The van der Waals surface area contributed by atoms with Crippen molar-refractivity contribution >= 4 is 28.3 Å². The molecule has 0 radical (unpaired) electrons. The van der Waals surface area contributed by atoms with Crippen LogP contribution in [0.15, 0.2) is 76.1 Å². The van der Waals surface area contributed by atoms with Crippen LogP contribution in [-0.2, 0) is 0 Å². The van der Waals surface area contributed by atoms with Gasteiger partial charge in [0.1, 0.15) is 11.5 Å². The number of hydrogen-bond donors (Lipinski definition) is 0. The summed E-state index contributed by atoms with van der Waals surface area (Å²) in [7, 11) is 5.11. The SMILES string of the molecule is CN=c1scc(-c2ccc3cc(OC)ccc3c2)n1N=Cc1ccccc1OC. The highest BCUT2D eigenvalue weighted by Crippen LogP contribution is 2.27. The number of rotatable bonds is 5. The molecule has 0 N–H and O–H groups in total. The van der Waals surface area contributed by atoms with Crippen LogP contribution in [0.1, 0.15) is 5.56 Å². The van der Waals surface area contributed by atoms with Crippen LogP contribution >= 0.6 is 11.3 Å². The predicted molar refractivity (Wildman–Crippen MR) is 119 cm³/mol. The Morgan fingerprint density at radius 2 is 1.72 bits per heavy atom. The van der Waals surface area contributed by atoms with Crippen LogP contribution in [0.5, 0.6) is 11.5 Å². The van der Waals surface area contributed by atoms with Crippen molar-refractivity contribution in [2.75, 3.05) is 21.3 Å². The molecule has 0 saturated heterocycles. The molecule has 0 bridgehead atoms. The quantitative estimate of drug-likeness (QED) is 0.450. The van der Waals surface area contributed by atoms with Crippen molar-refractivity contribution in [1.82, 2.24) is 4.68 Å². The Bertz CT molecular complexity index is 1250. The first kappa shape index (κ1) is 19.0. The summed E-state index contributed by atoms with van der Waals surface area (Å²) in [5, 5.41) is 9.06. The smallest absolute Gasteiger partial charge is 0.205 e. The van der Waals surface area contributed by atoms with Crippen LogP contribution in [0, 0.1) is 0 Å². The number of hydrogen-bond acceptors (Lipinski definition) is 5. The zero-order chi connectivity index (χ0) is 20.2. The summed E-state index contributed by atoms with van der Waals surface area (Å²) in [5.41, 5.74) is 2.97. The van der Waals surface area contributed by atoms with Gasteiger partial charge in [-0.1, -0.05) is 30.3 Å². The molecule has 0 aliphatic carbocycles. The number of ether oxygens (including phenoxy) is 2. The summed E-state index contributed by atoms with van der Waals surface area (Å²) in [6.07, 6.45) is 1.80. The summed E-state index contributed by atoms with van der Waals surface area (Å²) >= 11 is 1.56. The van der Waals surface area contributed by atoms with Crippen molar-refractivity contribution in [2.24, 2.45) is 10.1 Å². The second kappa shape index (κ2) is 8.32. The summed E-state index contributed by atoms with van der Waals surface area (Å²) < 4.78 is 12.6.